The predicted molar refractivity (Wildman–Crippen MR) is 93.8 cm³/mol. The number of aryl methyl sites for hydroxylation is 1. The topological polar surface area (TPSA) is 76.0 Å². The molecule has 0 saturated heterocycles. The van der Waals surface area contributed by atoms with Gasteiger partial charge >= 0.3 is 0 Å². The Morgan fingerprint density at radius 1 is 1.17 bits per heavy atom. The van der Waals surface area contributed by atoms with Crippen molar-refractivity contribution in [3.05, 3.63) is 53.4 Å². The van der Waals surface area contributed by atoms with Crippen molar-refractivity contribution < 1.29 is 9.59 Å². The van der Waals surface area contributed by atoms with Crippen LogP contribution in [0.4, 0.5) is 0 Å². The SMILES string of the molecule is CCNC(=O)CNC(=O)/C=C/c1c(C)nn(-c2ccccc2)c1C. The highest BCUT2D eigenvalue weighted by atomic mass is 16.2. The molecule has 126 valence electrons. The molecule has 1 aromatic heterocycles. The van der Waals surface area contributed by atoms with Crippen LogP contribution in [0.5, 0.6) is 0 Å². The quantitative estimate of drug-likeness (QED) is 0.794. The average Bonchev–Trinajstić information content (AvgIpc) is 2.86. The summed E-state index contributed by atoms with van der Waals surface area (Å²) in [4.78, 5) is 23.1. The van der Waals surface area contributed by atoms with E-state index in [2.05, 4.69) is 15.7 Å². The summed E-state index contributed by atoms with van der Waals surface area (Å²) in [7, 11) is 0. The lowest BCUT2D eigenvalue weighted by atomic mass is 10.2. The van der Waals surface area contributed by atoms with Crippen molar-refractivity contribution in [3.63, 3.8) is 0 Å². The highest BCUT2D eigenvalue weighted by Gasteiger charge is 2.10. The van der Waals surface area contributed by atoms with Crippen LogP contribution in [0.2, 0.25) is 0 Å². The van der Waals surface area contributed by atoms with Gasteiger partial charge in [-0.3, -0.25) is 9.59 Å². The molecular weight excluding hydrogens is 304 g/mol. The number of carbonyl (C=O) groups is 2. The Kier molecular flexibility index (Phi) is 5.89. The van der Waals surface area contributed by atoms with Gasteiger partial charge in [0.05, 0.1) is 17.9 Å². The van der Waals surface area contributed by atoms with Crippen LogP contribution in [0.3, 0.4) is 0 Å². The normalized spacial score (nSPS) is 10.8. The number of carbonyl (C=O) groups excluding carboxylic acids is 2. The molecule has 1 heterocycles. The maximum Gasteiger partial charge on any atom is 0.244 e. The van der Waals surface area contributed by atoms with Crippen molar-refractivity contribution >= 4 is 17.9 Å². The zero-order valence-corrected chi connectivity index (χ0v) is 14.2. The van der Waals surface area contributed by atoms with Crippen LogP contribution in [0.15, 0.2) is 36.4 Å². The molecule has 0 atom stereocenters. The second-order valence-corrected chi connectivity index (χ2v) is 5.34. The van der Waals surface area contributed by atoms with E-state index in [1.165, 1.54) is 6.08 Å². The fourth-order valence-electron chi connectivity index (χ4n) is 2.36. The fraction of sp³-hybridized carbons (Fsp3) is 0.278. The van der Waals surface area contributed by atoms with Crippen LogP contribution in [-0.2, 0) is 9.59 Å². The summed E-state index contributed by atoms with van der Waals surface area (Å²) in [5, 5.41) is 9.70. The van der Waals surface area contributed by atoms with E-state index in [4.69, 9.17) is 0 Å². The summed E-state index contributed by atoms with van der Waals surface area (Å²) >= 11 is 0. The molecule has 24 heavy (non-hydrogen) atoms. The molecule has 2 rings (SSSR count). The molecule has 0 aliphatic carbocycles. The van der Waals surface area contributed by atoms with E-state index in [0.717, 1.165) is 22.6 Å². The largest absolute Gasteiger partial charge is 0.355 e. The Bertz CT molecular complexity index is 748. The van der Waals surface area contributed by atoms with E-state index >= 15 is 0 Å². The molecule has 0 aliphatic rings. The van der Waals surface area contributed by atoms with Crippen molar-refractivity contribution in [2.75, 3.05) is 13.1 Å². The van der Waals surface area contributed by atoms with Gasteiger partial charge < -0.3 is 10.6 Å². The van der Waals surface area contributed by atoms with Gasteiger partial charge in [0.2, 0.25) is 11.8 Å². The summed E-state index contributed by atoms with van der Waals surface area (Å²) in [5.41, 5.74) is 3.65. The van der Waals surface area contributed by atoms with E-state index in [1.54, 1.807) is 6.08 Å². The lowest BCUT2D eigenvalue weighted by Gasteiger charge is -2.04. The summed E-state index contributed by atoms with van der Waals surface area (Å²) < 4.78 is 1.85. The number of hydrogen-bond donors (Lipinski definition) is 2. The third-order valence-corrected chi connectivity index (χ3v) is 3.55. The molecule has 0 fully saturated rings. The van der Waals surface area contributed by atoms with Gasteiger partial charge in [-0.25, -0.2) is 4.68 Å². The number of benzene rings is 1. The number of rotatable bonds is 6. The van der Waals surface area contributed by atoms with Gasteiger partial charge in [0.1, 0.15) is 0 Å². The van der Waals surface area contributed by atoms with Crippen molar-refractivity contribution in [2.45, 2.75) is 20.8 Å². The summed E-state index contributed by atoms with van der Waals surface area (Å²) in [5.74, 6) is -0.518. The smallest absolute Gasteiger partial charge is 0.244 e. The molecular formula is C18H22N4O2. The zero-order chi connectivity index (χ0) is 17.5. The molecule has 0 radical (unpaired) electrons. The van der Waals surface area contributed by atoms with Crippen LogP contribution in [0.25, 0.3) is 11.8 Å². The predicted octanol–water partition coefficient (Wildman–Crippen LogP) is 1.75. The molecule has 0 spiro atoms. The van der Waals surface area contributed by atoms with Gasteiger partial charge in [0.25, 0.3) is 0 Å². The second kappa shape index (κ2) is 8.10. The molecule has 0 saturated carbocycles. The summed E-state index contributed by atoms with van der Waals surface area (Å²) in [6.07, 6.45) is 3.15. The second-order valence-electron chi connectivity index (χ2n) is 5.34. The minimum atomic E-state index is -0.312. The zero-order valence-electron chi connectivity index (χ0n) is 14.2. The van der Waals surface area contributed by atoms with Crippen LogP contribution < -0.4 is 10.6 Å². The van der Waals surface area contributed by atoms with Crippen molar-refractivity contribution in [1.29, 1.82) is 0 Å². The fourth-order valence-corrected chi connectivity index (χ4v) is 2.36. The monoisotopic (exact) mass is 326 g/mol. The maximum atomic E-state index is 11.8. The van der Waals surface area contributed by atoms with E-state index in [9.17, 15) is 9.59 Å². The lowest BCUT2D eigenvalue weighted by molar-refractivity contribution is -0.123. The molecule has 0 bridgehead atoms. The van der Waals surface area contributed by atoms with E-state index in [-0.39, 0.29) is 18.4 Å². The number of hydrogen-bond acceptors (Lipinski definition) is 3. The molecule has 0 unspecified atom stereocenters. The molecule has 0 aliphatic heterocycles. The van der Waals surface area contributed by atoms with Gasteiger partial charge in [-0.15, -0.1) is 0 Å². The third-order valence-electron chi connectivity index (χ3n) is 3.55. The minimum absolute atomic E-state index is 0.0295. The minimum Gasteiger partial charge on any atom is -0.355 e. The van der Waals surface area contributed by atoms with Gasteiger partial charge in [-0.1, -0.05) is 18.2 Å². The Hall–Kier alpha value is -2.89. The number of aromatic nitrogens is 2. The Morgan fingerprint density at radius 2 is 1.88 bits per heavy atom. The highest BCUT2D eigenvalue weighted by molar-refractivity contribution is 5.94. The molecule has 2 amide bonds. The molecule has 1 aromatic carbocycles. The van der Waals surface area contributed by atoms with Gasteiger partial charge in [-0.2, -0.15) is 5.10 Å². The number of amides is 2. The van der Waals surface area contributed by atoms with Crippen LogP contribution in [0.1, 0.15) is 23.9 Å². The Labute approximate surface area is 141 Å². The molecule has 2 aromatic rings. The van der Waals surface area contributed by atoms with E-state index in [0.29, 0.717) is 6.54 Å². The van der Waals surface area contributed by atoms with Crippen LogP contribution in [-0.4, -0.2) is 34.7 Å². The molecule has 6 nitrogen and oxygen atoms in total. The van der Waals surface area contributed by atoms with Crippen molar-refractivity contribution in [1.82, 2.24) is 20.4 Å². The average molecular weight is 326 g/mol. The number of nitrogens with one attached hydrogen (secondary N) is 2. The lowest BCUT2D eigenvalue weighted by Crippen LogP contribution is -2.36. The Morgan fingerprint density at radius 3 is 2.54 bits per heavy atom. The first-order valence-electron chi connectivity index (χ1n) is 7.87. The molecule has 6 heteroatoms. The summed E-state index contributed by atoms with van der Waals surface area (Å²) in [6.45, 7) is 6.20. The van der Waals surface area contributed by atoms with Gasteiger partial charge in [0.15, 0.2) is 0 Å². The first-order chi connectivity index (χ1) is 11.5. The number of nitrogens with zero attached hydrogens (tertiary/aromatic N) is 2. The van der Waals surface area contributed by atoms with E-state index in [1.807, 2.05) is 55.8 Å². The van der Waals surface area contributed by atoms with Crippen molar-refractivity contribution in [3.8, 4) is 5.69 Å². The van der Waals surface area contributed by atoms with Crippen molar-refractivity contribution in [2.24, 2.45) is 0 Å². The number of likely N-dealkylation sites (N-methyl/N-ethyl adjacent to an activating group) is 1. The highest BCUT2D eigenvalue weighted by Crippen LogP contribution is 2.18. The van der Waals surface area contributed by atoms with Crippen LogP contribution in [0, 0.1) is 13.8 Å². The van der Waals surface area contributed by atoms with Crippen LogP contribution >= 0.6 is 0 Å². The first kappa shape index (κ1) is 17.5. The first-order valence-corrected chi connectivity index (χ1v) is 7.87. The van der Waals surface area contributed by atoms with E-state index < -0.39 is 0 Å². The van der Waals surface area contributed by atoms with Gasteiger partial charge in [0, 0.05) is 23.9 Å². The standard InChI is InChI=1S/C18H22N4O2/c1-4-19-18(24)12-20-17(23)11-10-16-13(2)21-22(14(16)3)15-8-6-5-7-9-15/h5-11H,4,12H2,1-3H3,(H,19,24)(H,20,23)/b11-10+. The molecule has 2 N–H and O–H groups in total. The summed E-state index contributed by atoms with van der Waals surface area (Å²) in [6, 6.07) is 9.82. The van der Waals surface area contributed by atoms with Gasteiger partial charge in [-0.05, 0) is 39.0 Å². The number of para-hydroxylation sites is 1. The maximum absolute atomic E-state index is 11.8. The Balaban J connectivity index is 2.09. The third kappa shape index (κ3) is 4.32.